The highest BCUT2D eigenvalue weighted by atomic mass is 16.5. The molecule has 128 valence electrons. The highest BCUT2D eigenvalue weighted by Gasteiger charge is 2.36. The Morgan fingerprint density at radius 3 is 2.21 bits per heavy atom. The Kier molecular flexibility index (Phi) is 4.97. The lowest BCUT2D eigenvalue weighted by molar-refractivity contribution is -0.154. The summed E-state index contributed by atoms with van der Waals surface area (Å²) in [5.74, 6) is -0.290. The van der Waals surface area contributed by atoms with Gasteiger partial charge in [0.25, 0.3) is 0 Å². The van der Waals surface area contributed by atoms with Crippen LogP contribution in [0.15, 0.2) is 30.3 Å². The van der Waals surface area contributed by atoms with E-state index in [1.54, 1.807) is 31.2 Å². The Morgan fingerprint density at radius 1 is 1.00 bits per heavy atom. The number of ketones is 1. The molecule has 2 aliphatic rings. The zero-order chi connectivity index (χ0) is 17.1. The van der Waals surface area contributed by atoms with Crippen molar-refractivity contribution < 1.29 is 19.1 Å². The number of hydrogen-bond donors (Lipinski definition) is 0. The number of carbonyl (C=O) groups is 3. The Balaban J connectivity index is 1.48. The maximum atomic E-state index is 12.3. The number of piperidine rings is 1. The van der Waals surface area contributed by atoms with E-state index < -0.39 is 6.10 Å². The Bertz CT molecular complexity index is 616. The number of ether oxygens (including phenoxy) is 1. The van der Waals surface area contributed by atoms with Gasteiger partial charge in [-0.3, -0.25) is 14.4 Å². The number of nitrogens with zero attached hydrogens (tertiary/aromatic N) is 1. The van der Waals surface area contributed by atoms with Crippen molar-refractivity contribution in [1.29, 1.82) is 0 Å². The van der Waals surface area contributed by atoms with Crippen molar-refractivity contribution in [2.45, 2.75) is 38.7 Å². The Labute approximate surface area is 142 Å². The summed E-state index contributed by atoms with van der Waals surface area (Å²) in [6.45, 7) is 2.82. The number of rotatable bonds is 5. The lowest BCUT2D eigenvalue weighted by Gasteiger charge is -2.31. The summed E-state index contributed by atoms with van der Waals surface area (Å²) in [5.41, 5.74) is 0.544. The van der Waals surface area contributed by atoms with Crippen LogP contribution in [-0.4, -0.2) is 41.8 Å². The molecule has 0 bridgehead atoms. The normalized spacial score (nSPS) is 19.6. The monoisotopic (exact) mass is 329 g/mol. The standard InChI is InChI=1S/C19H23NO4/c1-13(17(21)14-5-3-2-4-6-14)24-19(23)16-9-11-20(12-10-16)18(22)15-7-8-15/h2-6,13,15-16H,7-12H2,1H3. The van der Waals surface area contributed by atoms with Crippen molar-refractivity contribution in [1.82, 2.24) is 4.90 Å². The summed E-state index contributed by atoms with van der Waals surface area (Å²) in [4.78, 5) is 38.4. The van der Waals surface area contributed by atoms with Crippen molar-refractivity contribution in [3.63, 3.8) is 0 Å². The van der Waals surface area contributed by atoms with Crippen LogP contribution in [0.25, 0.3) is 0 Å². The zero-order valence-corrected chi connectivity index (χ0v) is 13.9. The summed E-state index contributed by atoms with van der Waals surface area (Å²) in [7, 11) is 0. The molecule has 0 radical (unpaired) electrons. The third-order valence-corrected chi connectivity index (χ3v) is 4.79. The molecule has 1 atom stereocenters. The molecule has 1 saturated heterocycles. The number of carbonyl (C=O) groups excluding carboxylic acids is 3. The summed E-state index contributed by atoms with van der Waals surface area (Å²) in [6.07, 6.45) is 2.44. The largest absolute Gasteiger partial charge is 0.454 e. The van der Waals surface area contributed by atoms with Crippen molar-refractivity contribution >= 4 is 17.7 Å². The van der Waals surface area contributed by atoms with Crippen molar-refractivity contribution in [3.05, 3.63) is 35.9 Å². The van der Waals surface area contributed by atoms with E-state index in [4.69, 9.17) is 4.74 Å². The van der Waals surface area contributed by atoms with Crippen LogP contribution in [0.3, 0.4) is 0 Å². The van der Waals surface area contributed by atoms with E-state index in [9.17, 15) is 14.4 Å². The maximum Gasteiger partial charge on any atom is 0.309 e. The first-order valence-electron chi connectivity index (χ1n) is 8.65. The summed E-state index contributed by atoms with van der Waals surface area (Å²) in [6, 6.07) is 8.84. The quantitative estimate of drug-likeness (QED) is 0.615. The molecule has 1 unspecified atom stereocenters. The van der Waals surface area contributed by atoms with Crippen LogP contribution in [-0.2, 0) is 14.3 Å². The first-order chi connectivity index (χ1) is 11.6. The molecule has 5 nitrogen and oxygen atoms in total. The zero-order valence-electron chi connectivity index (χ0n) is 13.9. The smallest absolute Gasteiger partial charge is 0.309 e. The van der Waals surface area contributed by atoms with Gasteiger partial charge in [0, 0.05) is 24.6 Å². The van der Waals surface area contributed by atoms with Crippen LogP contribution < -0.4 is 0 Å². The molecule has 1 aromatic carbocycles. The summed E-state index contributed by atoms with van der Waals surface area (Å²) < 4.78 is 5.37. The van der Waals surface area contributed by atoms with Gasteiger partial charge in [0.15, 0.2) is 6.10 Å². The van der Waals surface area contributed by atoms with Gasteiger partial charge in [-0.15, -0.1) is 0 Å². The molecule has 3 rings (SSSR count). The van der Waals surface area contributed by atoms with Gasteiger partial charge in [-0.2, -0.15) is 0 Å². The van der Waals surface area contributed by atoms with E-state index in [0.717, 1.165) is 12.8 Å². The molecule has 0 spiro atoms. The SMILES string of the molecule is CC(OC(=O)C1CCN(C(=O)C2CC2)CC1)C(=O)c1ccccc1. The van der Waals surface area contributed by atoms with Crippen molar-refractivity contribution in [2.75, 3.05) is 13.1 Å². The van der Waals surface area contributed by atoms with Gasteiger partial charge in [-0.25, -0.2) is 0 Å². The molecule has 1 amide bonds. The molecular formula is C19H23NO4. The first-order valence-corrected chi connectivity index (χ1v) is 8.65. The average Bonchev–Trinajstić information content (AvgIpc) is 3.46. The van der Waals surface area contributed by atoms with E-state index in [1.807, 2.05) is 11.0 Å². The van der Waals surface area contributed by atoms with Crippen LogP contribution >= 0.6 is 0 Å². The molecule has 1 saturated carbocycles. The second kappa shape index (κ2) is 7.16. The molecule has 2 fully saturated rings. The Morgan fingerprint density at radius 2 is 1.62 bits per heavy atom. The second-order valence-corrected chi connectivity index (χ2v) is 6.68. The number of benzene rings is 1. The number of likely N-dealkylation sites (tertiary alicyclic amines) is 1. The fraction of sp³-hybridized carbons (Fsp3) is 0.526. The molecule has 24 heavy (non-hydrogen) atoms. The van der Waals surface area contributed by atoms with Crippen molar-refractivity contribution in [2.24, 2.45) is 11.8 Å². The number of Topliss-reactive ketones (excluding diaryl/α,β-unsaturated/α-hetero) is 1. The molecule has 1 aliphatic heterocycles. The minimum Gasteiger partial charge on any atom is -0.454 e. The van der Waals surface area contributed by atoms with Gasteiger partial charge < -0.3 is 9.64 Å². The van der Waals surface area contributed by atoms with E-state index in [0.29, 0.717) is 31.5 Å². The minimum atomic E-state index is -0.786. The summed E-state index contributed by atoms with van der Waals surface area (Å²) in [5, 5.41) is 0. The molecule has 0 N–H and O–H groups in total. The fourth-order valence-corrected chi connectivity index (χ4v) is 3.09. The lowest BCUT2D eigenvalue weighted by Crippen LogP contribution is -2.42. The maximum absolute atomic E-state index is 12.3. The molecule has 1 heterocycles. The van der Waals surface area contributed by atoms with E-state index in [1.165, 1.54) is 0 Å². The summed E-state index contributed by atoms with van der Waals surface area (Å²) >= 11 is 0. The molecule has 5 heteroatoms. The first kappa shape index (κ1) is 16.7. The van der Waals surface area contributed by atoms with Gasteiger partial charge in [0.2, 0.25) is 11.7 Å². The van der Waals surface area contributed by atoms with E-state index in [2.05, 4.69) is 0 Å². The van der Waals surface area contributed by atoms with E-state index in [-0.39, 0.29) is 29.5 Å². The van der Waals surface area contributed by atoms with Gasteiger partial charge >= 0.3 is 5.97 Å². The highest BCUT2D eigenvalue weighted by molar-refractivity contribution is 6.00. The van der Waals surface area contributed by atoms with E-state index >= 15 is 0 Å². The molecule has 1 aromatic rings. The predicted molar refractivity (Wildman–Crippen MR) is 88.4 cm³/mol. The van der Waals surface area contributed by atoms with Crippen LogP contribution in [0.4, 0.5) is 0 Å². The number of esters is 1. The highest BCUT2D eigenvalue weighted by Crippen LogP contribution is 2.32. The predicted octanol–water partition coefficient (Wildman–Crippen LogP) is 2.45. The van der Waals surface area contributed by atoms with Crippen LogP contribution in [0, 0.1) is 11.8 Å². The van der Waals surface area contributed by atoms with Gasteiger partial charge in [-0.05, 0) is 32.6 Å². The lowest BCUT2D eigenvalue weighted by atomic mass is 9.96. The third-order valence-electron chi connectivity index (χ3n) is 4.79. The molecule has 0 aromatic heterocycles. The molecule has 1 aliphatic carbocycles. The topological polar surface area (TPSA) is 63.7 Å². The van der Waals surface area contributed by atoms with Crippen molar-refractivity contribution in [3.8, 4) is 0 Å². The Hall–Kier alpha value is -2.17. The third kappa shape index (κ3) is 3.83. The number of hydrogen-bond acceptors (Lipinski definition) is 4. The molecular weight excluding hydrogens is 306 g/mol. The second-order valence-electron chi connectivity index (χ2n) is 6.68. The minimum absolute atomic E-state index is 0.190. The van der Waals surface area contributed by atoms with Gasteiger partial charge in [0.1, 0.15) is 0 Å². The fourth-order valence-electron chi connectivity index (χ4n) is 3.09. The number of amides is 1. The van der Waals surface area contributed by atoms with Crippen LogP contribution in [0.1, 0.15) is 43.0 Å². The van der Waals surface area contributed by atoms with Crippen LogP contribution in [0.5, 0.6) is 0 Å². The van der Waals surface area contributed by atoms with Gasteiger partial charge in [0.05, 0.1) is 5.92 Å². The average molecular weight is 329 g/mol. The van der Waals surface area contributed by atoms with Gasteiger partial charge in [-0.1, -0.05) is 30.3 Å². The van der Waals surface area contributed by atoms with Crippen LogP contribution in [0.2, 0.25) is 0 Å².